The van der Waals surface area contributed by atoms with Crippen LogP contribution in [0, 0.1) is 5.92 Å². The van der Waals surface area contributed by atoms with Crippen LogP contribution in [0.3, 0.4) is 0 Å². The Morgan fingerprint density at radius 1 is 1.43 bits per heavy atom. The molecule has 1 N–H and O–H groups in total. The molecule has 1 saturated carbocycles. The average molecular weight is 291 g/mol. The van der Waals surface area contributed by atoms with E-state index in [0.29, 0.717) is 18.4 Å². The molecule has 4 heteroatoms. The van der Waals surface area contributed by atoms with Gasteiger partial charge in [0.25, 0.3) is 0 Å². The molecule has 0 radical (unpaired) electrons. The zero-order valence-electron chi connectivity index (χ0n) is 14.1. The maximum absolute atomic E-state index is 6.21. The van der Waals surface area contributed by atoms with E-state index in [4.69, 9.17) is 14.7 Å². The lowest BCUT2D eigenvalue weighted by atomic mass is 9.78. The second kappa shape index (κ2) is 6.73. The number of rotatable bonds is 5. The second-order valence-corrected chi connectivity index (χ2v) is 6.54. The van der Waals surface area contributed by atoms with E-state index in [9.17, 15) is 0 Å². The van der Waals surface area contributed by atoms with E-state index < -0.39 is 0 Å². The van der Waals surface area contributed by atoms with Crippen LogP contribution in [-0.2, 0) is 10.3 Å². The fourth-order valence-electron chi connectivity index (χ4n) is 3.27. The molecule has 0 spiro atoms. The number of anilines is 1. The first kappa shape index (κ1) is 16.2. The van der Waals surface area contributed by atoms with Gasteiger partial charge in [-0.2, -0.15) is 0 Å². The lowest BCUT2D eigenvalue weighted by molar-refractivity contribution is -0.0881. The molecule has 1 aromatic rings. The van der Waals surface area contributed by atoms with Crippen LogP contribution in [0.2, 0.25) is 0 Å². The van der Waals surface area contributed by atoms with Crippen molar-refractivity contribution >= 4 is 5.82 Å². The Balaban J connectivity index is 2.46. The topological polar surface area (TPSA) is 47.0 Å². The minimum absolute atomic E-state index is 0.303. The molecule has 0 aliphatic heterocycles. The smallest absolute Gasteiger partial charge is 0.162 e. The molecule has 0 aromatic carbocycles. The maximum atomic E-state index is 6.21. The SMILES string of the molecule is CCOC1(c2nc(NC)cc(C(C)C)n2)CCCC(C)C1. The summed E-state index contributed by atoms with van der Waals surface area (Å²) in [6, 6.07) is 2.04. The van der Waals surface area contributed by atoms with E-state index >= 15 is 0 Å². The Hall–Kier alpha value is -1.16. The molecule has 1 aliphatic rings. The number of hydrogen-bond acceptors (Lipinski definition) is 4. The van der Waals surface area contributed by atoms with Gasteiger partial charge in [-0.15, -0.1) is 0 Å². The summed E-state index contributed by atoms with van der Waals surface area (Å²) < 4.78 is 6.21. The van der Waals surface area contributed by atoms with Crippen LogP contribution in [0.4, 0.5) is 5.82 Å². The van der Waals surface area contributed by atoms with Gasteiger partial charge < -0.3 is 10.1 Å². The third kappa shape index (κ3) is 3.54. The quantitative estimate of drug-likeness (QED) is 0.888. The average Bonchev–Trinajstić information content (AvgIpc) is 2.47. The summed E-state index contributed by atoms with van der Waals surface area (Å²) in [6.07, 6.45) is 4.50. The lowest BCUT2D eigenvalue weighted by Gasteiger charge is -2.38. The van der Waals surface area contributed by atoms with Crippen molar-refractivity contribution in [3.63, 3.8) is 0 Å². The standard InChI is InChI=1S/C17H29N3O/c1-6-21-17(9-7-8-13(4)11-17)16-19-14(12(2)3)10-15(18-5)20-16/h10,12-13H,6-9,11H2,1-5H3,(H,18,19,20). The van der Waals surface area contributed by atoms with Gasteiger partial charge in [0, 0.05) is 25.4 Å². The number of nitrogens with zero attached hydrogens (tertiary/aromatic N) is 2. The first-order chi connectivity index (χ1) is 10.0. The van der Waals surface area contributed by atoms with Crippen molar-refractivity contribution in [3.05, 3.63) is 17.6 Å². The summed E-state index contributed by atoms with van der Waals surface area (Å²) in [6.45, 7) is 9.41. The van der Waals surface area contributed by atoms with Gasteiger partial charge in [-0.1, -0.05) is 27.2 Å². The van der Waals surface area contributed by atoms with Crippen LogP contribution in [0.15, 0.2) is 6.07 Å². The fraction of sp³-hybridized carbons (Fsp3) is 0.765. The van der Waals surface area contributed by atoms with Crippen LogP contribution in [0.1, 0.15) is 70.8 Å². The Morgan fingerprint density at radius 3 is 2.76 bits per heavy atom. The minimum atomic E-state index is -0.303. The van der Waals surface area contributed by atoms with Crippen LogP contribution in [0.5, 0.6) is 0 Å². The van der Waals surface area contributed by atoms with Crippen molar-refractivity contribution in [2.24, 2.45) is 5.92 Å². The molecule has 4 nitrogen and oxygen atoms in total. The van der Waals surface area contributed by atoms with Gasteiger partial charge in [0.05, 0.1) is 0 Å². The predicted octanol–water partition coefficient (Wildman–Crippen LogP) is 4.08. The van der Waals surface area contributed by atoms with E-state index in [1.54, 1.807) is 0 Å². The molecule has 1 aromatic heterocycles. The van der Waals surface area contributed by atoms with Crippen molar-refractivity contribution in [1.82, 2.24) is 9.97 Å². The predicted molar refractivity (Wildman–Crippen MR) is 86.6 cm³/mol. The van der Waals surface area contributed by atoms with Crippen LogP contribution >= 0.6 is 0 Å². The minimum Gasteiger partial charge on any atom is -0.373 e. The number of aromatic nitrogens is 2. The van der Waals surface area contributed by atoms with Crippen molar-refractivity contribution in [1.29, 1.82) is 0 Å². The fourth-order valence-corrected chi connectivity index (χ4v) is 3.27. The summed E-state index contributed by atoms with van der Waals surface area (Å²) in [5.74, 6) is 2.81. The number of nitrogens with one attached hydrogen (secondary N) is 1. The molecular weight excluding hydrogens is 262 g/mol. The molecule has 2 atom stereocenters. The summed E-state index contributed by atoms with van der Waals surface area (Å²) in [7, 11) is 1.91. The van der Waals surface area contributed by atoms with Gasteiger partial charge >= 0.3 is 0 Å². The van der Waals surface area contributed by atoms with Crippen LogP contribution in [-0.4, -0.2) is 23.6 Å². The number of ether oxygens (including phenoxy) is 1. The monoisotopic (exact) mass is 291 g/mol. The first-order valence-electron chi connectivity index (χ1n) is 8.22. The Labute approximate surface area is 128 Å². The summed E-state index contributed by atoms with van der Waals surface area (Å²) in [5.41, 5.74) is 0.782. The third-order valence-corrected chi connectivity index (χ3v) is 4.38. The highest BCUT2D eigenvalue weighted by molar-refractivity contribution is 5.37. The van der Waals surface area contributed by atoms with Gasteiger partial charge in [-0.25, -0.2) is 9.97 Å². The maximum Gasteiger partial charge on any atom is 0.162 e. The van der Waals surface area contributed by atoms with Crippen molar-refractivity contribution in [3.8, 4) is 0 Å². The molecule has 1 heterocycles. The zero-order valence-corrected chi connectivity index (χ0v) is 14.1. The summed E-state index contributed by atoms with van der Waals surface area (Å²) in [5, 5.41) is 3.17. The van der Waals surface area contributed by atoms with Gasteiger partial charge in [0.2, 0.25) is 0 Å². The van der Waals surface area contributed by atoms with E-state index in [0.717, 1.165) is 30.2 Å². The van der Waals surface area contributed by atoms with E-state index in [-0.39, 0.29) is 5.60 Å². The molecule has 0 saturated heterocycles. The Bertz CT molecular complexity index is 471. The van der Waals surface area contributed by atoms with Crippen LogP contribution < -0.4 is 5.32 Å². The van der Waals surface area contributed by atoms with Gasteiger partial charge in [0.1, 0.15) is 11.4 Å². The summed E-state index contributed by atoms with van der Waals surface area (Å²) >= 11 is 0. The largest absolute Gasteiger partial charge is 0.373 e. The van der Waals surface area contributed by atoms with E-state index in [1.807, 2.05) is 13.1 Å². The van der Waals surface area contributed by atoms with Gasteiger partial charge in [-0.3, -0.25) is 0 Å². The molecule has 0 amide bonds. The van der Waals surface area contributed by atoms with Crippen molar-refractivity contribution in [2.75, 3.05) is 19.0 Å². The van der Waals surface area contributed by atoms with Gasteiger partial charge in [0.15, 0.2) is 5.82 Å². The molecule has 2 unspecified atom stereocenters. The molecule has 1 aliphatic carbocycles. The normalized spacial score (nSPS) is 26.1. The second-order valence-electron chi connectivity index (χ2n) is 6.54. The highest BCUT2D eigenvalue weighted by Crippen LogP contribution is 2.42. The Morgan fingerprint density at radius 2 is 2.19 bits per heavy atom. The molecule has 2 rings (SSSR count). The first-order valence-corrected chi connectivity index (χ1v) is 8.22. The molecule has 1 fully saturated rings. The molecular formula is C17H29N3O. The molecule has 0 bridgehead atoms. The lowest BCUT2D eigenvalue weighted by Crippen LogP contribution is -2.37. The van der Waals surface area contributed by atoms with Crippen molar-refractivity contribution < 1.29 is 4.74 Å². The van der Waals surface area contributed by atoms with Crippen molar-refractivity contribution in [2.45, 2.75) is 64.9 Å². The highest BCUT2D eigenvalue weighted by atomic mass is 16.5. The number of hydrogen-bond donors (Lipinski definition) is 1. The van der Waals surface area contributed by atoms with Gasteiger partial charge in [-0.05, 0) is 38.0 Å². The van der Waals surface area contributed by atoms with Crippen LogP contribution in [0.25, 0.3) is 0 Å². The summed E-state index contributed by atoms with van der Waals surface area (Å²) in [4.78, 5) is 9.59. The van der Waals surface area contributed by atoms with E-state index in [2.05, 4.69) is 33.0 Å². The molecule has 21 heavy (non-hydrogen) atoms. The molecule has 118 valence electrons. The third-order valence-electron chi connectivity index (χ3n) is 4.38. The Kier molecular flexibility index (Phi) is 5.20. The van der Waals surface area contributed by atoms with E-state index in [1.165, 1.54) is 12.8 Å². The highest BCUT2D eigenvalue weighted by Gasteiger charge is 2.40. The zero-order chi connectivity index (χ0) is 15.5.